The fraction of sp³-hybridized carbons (Fsp3) is 0.750. The molecule has 0 aliphatic rings. The van der Waals surface area contributed by atoms with E-state index >= 15 is 0 Å². The zero-order valence-corrected chi connectivity index (χ0v) is 7.18. The molecule has 0 radical (unpaired) electrons. The van der Waals surface area contributed by atoms with Crippen molar-refractivity contribution in [3.8, 4) is 0 Å². The molecule has 0 unspecified atom stereocenters. The van der Waals surface area contributed by atoms with Gasteiger partial charge in [0.2, 0.25) is 5.78 Å². The van der Waals surface area contributed by atoms with Gasteiger partial charge < -0.3 is 5.11 Å². The first kappa shape index (κ1) is 14.7. The molecule has 0 fully saturated rings. The summed E-state index contributed by atoms with van der Waals surface area (Å²) in [6.07, 6.45) is 0.761. The van der Waals surface area contributed by atoms with E-state index in [0.29, 0.717) is 6.42 Å². The molecule has 0 aliphatic carbocycles. The molecule has 0 saturated heterocycles. The second kappa shape index (κ2) is 5.73. The van der Waals surface area contributed by atoms with E-state index in [1.807, 2.05) is 20.8 Å². The van der Waals surface area contributed by atoms with Gasteiger partial charge in [0.05, 0.1) is 0 Å². The van der Waals surface area contributed by atoms with Crippen molar-refractivity contribution in [1.29, 1.82) is 0 Å². The second-order valence-electron chi connectivity index (χ2n) is 3.79. The van der Waals surface area contributed by atoms with Crippen LogP contribution in [0.3, 0.4) is 0 Å². The number of ketones is 1. The number of carbonyl (C=O) groups is 2. The SMILES string of the molecule is CC(C)(C)CCC(=O)C(=O)O.[NaH]. The number of rotatable bonds is 3. The van der Waals surface area contributed by atoms with Crippen molar-refractivity contribution in [2.45, 2.75) is 33.6 Å². The van der Waals surface area contributed by atoms with Gasteiger partial charge >= 0.3 is 35.5 Å². The molecule has 0 atom stereocenters. The quantitative estimate of drug-likeness (QED) is 0.519. The average molecular weight is 182 g/mol. The zero-order valence-electron chi connectivity index (χ0n) is 7.18. The standard InChI is InChI=1S/C8H14O3.Na.H/c1-8(2,3)5-4-6(9)7(10)11;;/h4-5H2,1-3H3,(H,10,11);;. The van der Waals surface area contributed by atoms with Crippen LogP contribution in [-0.4, -0.2) is 46.4 Å². The number of Topliss-reactive ketones (excluding diaryl/α,β-unsaturated/α-hetero) is 1. The maximum atomic E-state index is 10.6. The summed E-state index contributed by atoms with van der Waals surface area (Å²) >= 11 is 0. The summed E-state index contributed by atoms with van der Waals surface area (Å²) in [6.45, 7) is 5.92. The average Bonchev–Trinajstić information content (AvgIpc) is 1.80. The minimum atomic E-state index is -1.32. The van der Waals surface area contributed by atoms with Crippen molar-refractivity contribution >= 4 is 41.3 Å². The molecular formula is C8H15NaO3. The van der Waals surface area contributed by atoms with E-state index in [4.69, 9.17) is 5.11 Å². The van der Waals surface area contributed by atoms with Crippen molar-refractivity contribution in [1.82, 2.24) is 0 Å². The Kier molecular flexibility index (Phi) is 7.00. The van der Waals surface area contributed by atoms with Gasteiger partial charge in [0.15, 0.2) is 0 Å². The molecule has 4 heteroatoms. The third-order valence-electron chi connectivity index (χ3n) is 1.34. The van der Waals surface area contributed by atoms with E-state index < -0.39 is 11.8 Å². The molecule has 0 saturated carbocycles. The molecule has 1 N–H and O–H groups in total. The fourth-order valence-corrected chi connectivity index (χ4v) is 0.595. The Morgan fingerprint density at radius 2 is 1.67 bits per heavy atom. The number of carbonyl (C=O) groups excluding carboxylic acids is 1. The van der Waals surface area contributed by atoms with Gasteiger partial charge in [-0.15, -0.1) is 0 Å². The Morgan fingerprint density at radius 3 is 1.92 bits per heavy atom. The third-order valence-corrected chi connectivity index (χ3v) is 1.34. The van der Waals surface area contributed by atoms with Crippen LogP contribution in [0.1, 0.15) is 33.6 Å². The Morgan fingerprint density at radius 1 is 1.25 bits per heavy atom. The minimum absolute atomic E-state index is 0. The molecule has 0 amide bonds. The summed E-state index contributed by atoms with van der Waals surface area (Å²) < 4.78 is 0. The van der Waals surface area contributed by atoms with Crippen LogP contribution in [0, 0.1) is 5.41 Å². The van der Waals surface area contributed by atoms with Gasteiger partial charge in [-0.1, -0.05) is 20.8 Å². The molecule has 0 bridgehead atoms. The van der Waals surface area contributed by atoms with E-state index in [1.54, 1.807) is 0 Å². The Labute approximate surface area is 94.8 Å². The van der Waals surface area contributed by atoms with Crippen molar-refractivity contribution in [2.75, 3.05) is 0 Å². The van der Waals surface area contributed by atoms with Gasteiger partial charge in [0, 0.05) is 6.42 Å². The zero-order chi connectivity index (χ0) is 9.07. The van der Waals surface area contributed by atoms with E-state index in [-0.39, 0.29) is 41.4 Å². The van der Waals surface area contributed by atoms with Crippen molar-refractivity contribution in [2.24, 2.45) is 5.41 Å². The van der Waals surface area contributed by atoms with Crippen LogP contribution in [0.2, 0.25) is 0 Å². The topological polar surface area (TPSA) is 54.4 Å². The molecule has 0 aromatic rings. The first-order valence-corrected chi connectivity index (χ1v) is 3.59. The Hall–Kier alpha value is 0.140. The molecule has 0 aromatic carbocycles. The Bertz CT molecular complexity index is 170. The molecule has 0 aromatic heterocycles. The van der Waals surface area contributed by atoms with Crippen LogP contribution in [0.15, 0.2) is 0 Å². The number of carboxylic acids is 1. The number of hydrogen-bond donors (Lipinski definition) is 1. The molecule has 3 nitrogen and oxygen atoms in total. The number of hydrogen-bond acceptors (Lipinski definition) is 2. The summed E-state index contributed by atoms with van der Waals surface area (Å²) in [5, 5.41) is 8.23. The first-order chi connectivity index (χ1) is 4.83. The summed E-state index contributed by atoms with van der Waals surface area (Å²) in [7, 11) is 0. The summed E-state index contributed by atoms with van der Waals surface area (Å²) in [5.74, 6) is -2.02. The van der Waals surface area contributed by atoms with Crippen molar-refractivity contribution in [3.05, 3.63) is 0 Å². The Balaban J connectivity index is 0. The molecule has 0 aliphatic heterocycles. The second-order valence-corrected chi connectivity index (χ2v) is 3.79. The van der Waals surface area contributed by atoms with Gasteiger partial charge in [-0.3, -0.25) is 4.79 Å². The van der Waals surface area contributed by atoms with E-state index in [2.05, 4.69) is 0 Å². The predicted molar refractivity (Wildman–Crippen MR) is 48.5 cm³/mol. The molecular weight excluding hydrogens is 167 g/mol. The van der Waals surface area contributed by atoms with Gasteiger partial charge in [-0.2, -0.15) is 0 Å². The van der Waals surface area contributed by atoms with Crippen LogP contribution >= 0.6 is 0 Å². The predicted octanol–water partition coefficient (Wildman–Crippen LogP) is 0.818. The number of carboxylic acid groups (broad SMARTS) is 1. The van der Waals surface area contributed by atoms with E-state index in [1.165, 1.54) is 0 Å². The van der Waals surface area contributed by atoms with Crippen LogP contribution in [-0.2, 0) is 9.59 Å². The summed E-state index contributed by atoms with van der Waals surface area (Å²) in [4.78, 5) is 20.7. The van der Waals surface area contributed by atoms with E-state index in [0.717, 1.165) is 0 Å². The van der Waals surface area contributed by atoms with E-state index in [9.17, 15) is 9.59 Å². The van der Waals surface area contributed by atoms with Gasteiger partial charge in [0.25, 0.3) is 0 Å². The van der Waals surface area contributed by atoms with Crippen LogP contribution < -0.4 is 0 Å². The maximum absolute atomic E-state index is 10.6. The molecule has 0 heterocycles. The number of aliphatic carboxylic acids is 1. The van der Waals surface area contributed by atoms with Crippen molar-refractivity contribution in [3.63, 3.8) is 0 Å². The van der Waals surface area contributed by atoms with Crippen LogP contribution in [0.4, 0.5) is 0 Å². The molecule has 0 rings (SSSR count). The summed E-state index contributed by atoms with van der Waals surface area (Å²) in [6, 6.07) is 0. The van der Waals surface area contributed by atoms with Crippen LogP contribution in [0.25, 0.3) is 0 Å². The van der Waals surface area contributed by atoms with Gasteiger partial charge in [-0.25, -0.2) is 4.79 Å². The first-order valence-electron chi connectivity index (χ1n) is 3.59. The normalized spacial score (nSPS) is 10.2. The summed E-state index contributed by atoms with van der Waals surface area (Å²) in [5.41, 5.74) is 0.0328. The molecule has 66 valence electrons. The fourth-order valence-electron chi connectivity index (χ4n) is 0.595. The van der Waals surface area contributed by atoms with Gasteiger partial charge in [-0.05, 0) is 11.8 Å². The molecule has 0 spiro atoms. The third kappa shape index (κ3) is 8.24. The van der Waals surface area contributed by atoms with Gasteiger partial charge in [0.1, 0.15) is 0 Å². The monoisotopic (exact) mass is 182 g/mol. The molecule has 12 heavy (non-hydrogen) atoms. The van der Waals surface area contributed by atoms with Crippen LogP contribution in [0.5, 0.6) is 0 Å². The van der Waals surface area contributed by atoms with Crippen molar-refractivity contribution < 1.29 is 14.7 Å².